The van der Waals surface area contributed by atoms with Crippen molar-refractivity contribution in [2.45, 2.75) is 0 Å². The zero-order valence-electron chi connectivity index (χ0n) is 3.36. The zero-order valence-corrected chi connectivity index (χ0v) is 4.18. The Labute approximate surface area is 69.5 Å². The van der Waals surface area contributed by atoms with E-state index < -0.39 is 10.1 Å². The van der Waals surface area contributed by atoms with E-state index in [2.05, 4.69) is 10.9 Å². The van der Waals surface area contributed by atoms with E-state index in [-0.39, 0.29) is 29.6 Å². The van der Waals surface area contributed by atoms with Crippen LogP contribution in [0.3, 0.4) is 0 Å². The molecule has 6 heteroatoms. The molecular weight excluding hydrogens is 143 g/mol. The normalized spacial score (nSPS) is 9.62. The van der Waals surface area contributed by atoms with Crippen LogP contribution in [-0.2, 0) is 14.5 Å². The van der Waals surface area contributed by atoms with Gasteiger partial charge in [-0.25, -0.2) is 5.26 Å². The molecule has 0 aliphatic heterocycles. The van der Waals surface area contributed by atoms with Gasteiger partial charge in [0.1, 0.15) is 0 Å². The summed E-state index contributed by atoms with van der Waals surface area (Å²) in [7, 11) is -3.84. The van der Waals surface area contributed by atoms with Gasteiger partial charge >= 0.3 is 39.7 Å². The second-order valence-corrected chi connectivity index (χ2v) is 2.20. The van der Waals surface area contributed by atoms with Crippen molar-refractivity contribution in [1.82, 2.24) is 0 Å². The average Bonchev–Trinajstić information content (AvgIpc) is 1.68. The first-order chi connectivity index (χ1) is 3.12. The van der Waals surface area contributed by atoms with Crippen molar-refractivity contribution in [1.29, 1.82) is 0 Å². The van der Waals surface area contributed by atoms with Gasteiger partial charge in [-0.3, -0.25) is 0 Å². The summed E-state index contributed by atoms with van der Waals surface area (Å²) in [6.07, 6.45) is 0. The second-order valence-electron chi connectivity index (χ2n) is 0.734. The summed E-state index contributed by atoms with van der Waals surface area (Å²) in [5.74, 6) is 0. The molecule has 0 rings (SSSR count). The van der Waals surface area contributed by atoms with Crippen LogP contribution in [0.15, 0.2) is 12.0 Å². The maximum absolute atomic E-state index is 9.78. The Balaban J connectivity index is 0. The van der Waals surface area contributed by atoms with E-state index in [9.17, 15) is 8.42 Å². The Bertz CT molecular complexity index is 147. The molecule has 8 heavy (non-hydrogen) atoms. The van der Waals surface area contributed by atoms with Crippen LogP contribution < -0.4 is 0 Å². The third-order valence-corrected chi connectivity index (χ3v) is 0.924. The molecule has 0 saturated carbocycles. The molecule has 0 aromatic carbocycles. The SMILES string of the molecule is C=CS(=O)(=O)OO.[NaH]. The first-order valence-corrected chi connectivity index (χ1v) is 2.80. The minimum atomic E-state index is -3.84. The molecule has 44 valence electrons. The third-order valence-electron chi connectivity index (χ3n) is 0.308. The van der Waals surface area contributed by atoms with Crippen LogP contribution in [0, 0.1) is 0 Å². The third kappa shape index (κ3) is 4.76. The summed E-state index contributed by atoms with van der Waals surface area (Å²) in [6.45, 7) is 2.83. The summed E-state index contributed by atoms with van der Waals surface area (Å²) in [6, 6.07) is 0. The molecular formula is C2H5NaO4S. The van der Waals surface area contributed by atoms with Crippen LogP contribution in [0.1, 0.15) is 0 Å². The van der Waals surface area contributed by atoms with Gasteiger partial charge in [-0.2, -0.15) is 8.42 Å². The van der Waals surface area contributed by atoms with Crippen molar-refractivity contribution < 1.29 is 18.0 Å². The monoisotopic (exact) mass is 148 g/mol. The van der Waals surface area contributed by atoms with E-state index in [0.717, 1.165) is 0 Å². The van der Waals surface area contributed by atoms with Gasteiger partial charge in [0, 0.05) is 0 Å². The van der Waals surface area contributed by atoms with Crippen LogP contribution in [0.4, 0.5) is 0 Å². The van der Waals surface area contributed by atoms with Crippen LogP contribution in [0.25, 0.3) is 0 Å². The van der Waals surface area contributed by atoms with Crippen molar-refractivity contribution in [3.63, 3.8) is 0 Å². The molecule has 0 heterocycles. The van der Waals surface area contributed by atoms with Gasteiger partial charge in [-0.1, -0.05) is 6.58 Å². The maximum atomic E-state index is 9.78. The Kier molecular flexibility index (Phi) is 6.40. The molecule has 0 radical (unpaired) electrons. The van der Waals surface area contributed by atoms with E-state index in [1.165, 1.54) is 0 Å². The molecule has 1 N–H and O–H groups in total. The standard InChI is InChI=1S/C2H4O4S.Na.H/c1-2-7(4,5)6-3;;/h2-3H,1H2;;. The Hall–Kier alpha value is 0.610. The summed E-state index contributed by atoms with van der Waals surface area (Å²) >= 11 is 0. The van der Waals surface area contributed by atoms with E-state index in [4.69, 9.17) is 5.26 Å². The molecule has 0 bridgehead atoms. The predicted octanol–water partition coefficient (Wildman–Crippen LogP) is -0.699. The van der Waals surface area contributed by atoms with Crippen LogP contribution in [0.5, 0.6) is 0 Å². The molecule has 0 aromatic heterocycles. The van der Waals surface area contributed by atoms with Crippen LogP contribution in [-0.4, -0.2) is 43.2 Å². The van der Waals surface area contributed by atoms with Gasteiger partial charge in [0.25, 0.3) is 0 Å². The van der Waals surface area contributed by atoms with Gasteiger partial charge in [-0.05, 0) is 0 Å². The van der Waals surface area contributed by atoms with Gasteiger partial charge in [0.05, 0.1) is 5.41 Å². The molecule has 0 unspecified atom stereocenters. The van der Waals surface area contributed by atoms with E-state index in [0.29, 0.717) is 5.41 Å². The van der Waals surface area contributed by atoms with Gasteiger partial charge < -0.3 is 0 Å². The fraction of sp³-hybridized carbons (Fsp3) is 0. The molecule has 0 saturated heterocycles. The Morgan fingerprint density at radius 1 is 1.62 bits per heavy atom. The molecule has 0 aliphatic rings. The summed E-state index contributed by atoms with van der Waals surface area (Å²) in [5.41, 5.74) is 0. The van der Waals surface area contributed by atoms with E-state index >= 15 is 0 Å². The first-order valence-electron chi connectivity index (χ1n) is 1.33. The van der Waals surface area contributed by atoms with Gasteiger partial charge in [0.15, 0.2) is 0 Å². The van der Waals surface area contributed by atoms with Crippen molar-refractivity contribution in [2.24, 2.45) is 0 Å². The van der Waals surface area contributed by atoms with Crippen molar-refractivity contribution in [2.75, 3.05) is 0 Å². The van der Waals surface area contributed by atoms with Crippen LogP contribution >= 0.6 is 0 Å². The predicted molar refractivity (Wildman–Crippen MR) is 30.0 cm³/mol. The number of hydrogen-bond acceptors (Lipinski definition) is 4. The van der Waals surface area contributed by atoms with Crippen molar-refractivity contribution in [3.05, 3.63) is 12.0 Å². The van der Waals surface area contributed by atoms with Gasteiger partial charge in [-0.15, -0.1) is 4.33 Å². The number of hydrogen-bond donors (Lipinski definition) is 1. The van der Waals surface area contributed by atoms with Crippen molar-refractivity contribution >= 4 is 39.7 Å². The van der Waals surface area contributed by atoms with Crippen molar-refractivity contribution in [3.8, 4) is 0 Å². The van der Waals surface area contributed by atoms with E-state index in [1.54, 1.807) is 0 Å². The Morgan fingerprint density at radius 3 is 2.00 bits per heavy atom. The quantitative estimate of drug-likeness (QED) is 0.319. The molecule has 0 fully saturated rings. The average molecular weight is 148 g/mol. The first kappa shape index (κ1) is 11.4. The topological polar surface area (TPSA) is 63.6 Å². The fourth-order valence-electron chi connectivity index (χ4n) is 0.0304. The minimum absolute atomic E-state index is 0. The summed E-state index contributed by atoms with van der Waals surface area (Å²) < 4.78 is 22.5. The molecule has 0 amide bonds. The fourth-order valence-corrected chi connectivity index (χ4v) is 0.0913. The second kappa shape index (κ2) is 4.49. The summed E-state index contributed by atoms with van der Waals surface area (Å²) in [5, 5.41) is 7.93. The molecule has 0 aromatic rings. The number of rotatable bonds is 2. The van der Waals surface area contributed by atoms with Crippen LogP contribution in [0.2, 0.25) is 0 Å². The Morgan fingerprint density at radius 2 is 2.00 bits per heavy atom. The molecule has 4 nitrogen and oxygen atoms in total. The molecule has 0 spiro atoms. The van der Waals surface area contributed by atoms with Gasteiger partial charge in [0.2, 0.25) is 0 Å². The molecule has 0 aliphatic carbocycles. The molecule has 0 atom stereocenters. The zero-order chi connectivity index (χ0) is 5.91. The van der Waals surface area contributed by atoms with E-state index in [1.807, 2.05) is 0 Å². The summed E-state index contributed by atoms with van der Waals surface area (Å²) in [4.78, 5) is 0.